The van der Waals surface area contributed by atoms with Gasteiger partial charge in [-0.25, -0.2) is 4.79 Å². The fraction of sp³-hybridized carbons (Fsp3) is 0.471. The fourth-order valence-electron chi connectivity index (χ4n) is 2.75. The molecule has 3 heteroatoms. The highest BCUT2D eigenvalue weighted by molar-refractivity contribution is 6.76. The summed E-state index contributed by atoms with van der Waals surface area (Å²) in [5.74, 6) is 0.602. The normalized spacial score (nSPS) is 18.4. The predicted octanol–water partition coefficient (Wildman–Crippen LogP) is 4.40. The number of carbonyl (C=O) groups is 1. The molecule has 1 aliphatic rings. The van der Waals surface area contributed by atoms with Crippen LogP contribution in [0.3, 0.4) is 0 Å². The molecule has 0 bridgehead atoms. The zero-order valence-electron chi connectivity index (χ0n) is 12.7. The van der Waals surface area contributed by atoms with E-state index in [0.717, 1.165) is 24.3 Å². The topological polar surface area (TPSA) is 26.3 Å². The second-order valence-corrected chi connectivity index (χ2v) is 12.5. The fourth-order valence-corrected chi connectivity index (χ4v) is 4.77. The lowest BCUT2D eigenvalue weighted by Crippen LogP contribution is -2.28. The Morgan fingerprint density at radius 3 is 2.50 bits per heavy atom. The molecule has 1 saturated carbocycles. The van der Waals surface area contributed by atoms with Crippen molar-refractivity contribution in [2.24, 2.45) is 5.92 Å². The lowest BCUT2D eigenvalue weighted by atomic mass is 9.81. The number of ether oxygens (including phenoxy) is 1. The van der Waals surface area contributed by atoms with Crippen LogP contribution >= 0.6 is 0 Å². The summed E-state index contributed by atoms with van der Waals surface area (Å²) >= 11 is 0. The van der Waals surface area contributed by atoms with Crippen LogP contribution in [-0.2, 0) is 16.1 Å². The molecule has 0 saturated heterocycles. The lowest BCUT2D eigenvalue weighted by molar-refractivity contribution is -0.139. The number of hydrogen-bond acceptors (Lipinski definition) is 2. The Bertz CT molecular complexity index is 477. The molecule has 0 spiro atoms. The minimum atomic E-state index is -0.962. The number of esters is 1. The zero-order valence-corrected chi connectivity index (χ0v) is 13.7. The van der Waals surface area contributed by atoms with Gasteiger partial charge in [0.15, 0.2) is 0 Å². The Kier molecular flexibility index (Phi) is 4.81. The van der Waals surface area contributed by atoms with Crippen molar-refractivity contribution in [2.45, 2.75) is 45.1 Å². The largest absolute Gasteiger partial charge is 0.458 e. The first-order valence-electron chi connectivity index (χ1n) is 7.32. The van der Waals surface area contributed by atoms with Crippen LogP contribution < -0.4 is 0 Å². The summed E-state index contributed by atoms with van der Waals surface area (Å²) in [6.45, 7) is 7.58. The summed E-state index contributed by atoms with van der Waals surface area (Å²) in [6.07, 6.45) is 3.87. The summed E-state index contributed by atoms with van der Waals surface area (Å²) in [5.41, 5.74) is 2.29. The van der Waals surface area contributed by atoms with Crippen molar-refractivity contribution in [3.63, 3.8) is 0 Å². The zero-order chi connectivity index (χ0) is 14.6. The highest BCUT2D eigenvalue weighted by Gasteiger charge is 2.28. The minimum Gasteiger partial charge on any atom is -0.458 e. The summed E-state index contributed by atoms with van der Waals surface area (Å²) in [4.78, 5) is 11.7. The van der Waals surface area contributed by atoms with E-state index < -0.39 is 8.07 Å². The smallest absolute Gasteiger partial charge is 0.331 e. The molecule has 1 fully saturated rings. The van der Waals surface area contributed by atoms with Gasteiger partial charge in [0.25, 0.3) is 0 Å². The van der Waals surface area contributed by atoms with E-state index in [9.17, 15) is 4.79 Å². The van der Waals surface area contributed by atoms with Crippen LogP contribution in [0.25, 0.3) is 0 Å². The van der Waals surface area contributed by atoms with E-state index >= 15 is 0 Å². The molecular formula is C17H24O2Si. The van der Waals surface area contributed by atoms with Crippen LogP contribution in [0.2, 0.25) is 25.7 Å². The Hall–Kier alpha value is -1.35. The van der Waals surface area contributed by atoms with Gasteiger partial charge < -0.3 is 4.74 Å². The summed E-state index contributed by atoms with van der Waals surface area (Å²) in [7, 11) is -0.962. The van der Waals surface area contributed by atoms with Gasteiger partial charge in [-0.3, -0.25) is 0 Å². The van der Waals surface area contributed by atoms with Crippen LogP contribution in [0.4, 0.5) is 0 Å². The van der Waals surface area contributed by atoms with Crippen molar-refractivity contribution < 1.29 is 9.53 Å². The third kappa shape index (κ3) is 4.97. The molecule has 0 aliphatic heterocycles. The molecule has 0 aromatic heterocycles. The summed E-state index contributed by atoms with van der Waals surface area (Å²) in [5, 5.41) is 0. The average molecular weight is 288 g/mol. The van der Waals surface area contributed by atoms with Crippen molar-refractivity contribution in [3.05, 3.63) is 47.5 Å². The maximum Gasteiger partial charge on any atom is 0.331 e. The molecule has 2 nitrogen and oxygen atoms in total. The standard InChI is InChI=1S/C17H24O2Si/c1-20(2,3)13-16-9-15(10-16)11-17(18)19-12-14-7-5-4-6-8-14/h4-8,11,16H,9-10,12-13H2,1-3H3. The van der Waals surface area contributed by atoms with Crippen molar-refractivity contribution in [1.82, 2.24) is 0 Å². The van der Waals surface area contributed by atoms with Gasteiger partial charge in [-0.05, 0) is 24.3 Å². The van der Waals surface area contributed by atoms with Gasteiger partial charge in [0.2, 0.25) is 0 Å². The lowest BCUT2D eigenvalue weighted by Gasteiger charge is -2.33. The number of allylic oxidation sites excluding steroid dienone is 1. The molecular weight excluding hydrogens is 264 g/mol. The Labute approximate surface area is 122 Å². The molecule has 0 unspecified atom stereocenters. The van der Waals surface area contributed by atoms with Gasteiger partial charge in [-0.2, -0.15) is 0 Å². The van der Waals surface area contributed by atoms with Gasteiger partial charge in [-0.15, -0.1) is 0 Å². The molecule has 0 heterocycles. The van der Waals surface area contributed by atoms with E-state index in [4.69, 9.17) is 4.74 Å². The van der Waals surface area contributed by atoms with Gasteiger partial charge in [0, 0.05) is 14.1 Å². The Morgan fingerprint density at radius 2 is 1.90 bits per heavy atom. The van der Waals surface area contributed by atoms with E-state index in [2.05, 4.69) is 19.6 Å². The maximum absolute atomic E-state index is 11.7. The van der Waals surface area contributed by atoms with Crippen molar-refractivity contribution >= 4 is 14.0 Å². The molecule has 0 atom stereocenters. The van der Waals surface area contributed by atoms with Crippen LogP contribution in [0.15, 0.2) is 42.0 Å². The number of benzene rings is 1. The summed E-state index contributed by atoms with van der Waals surface area (Å²) in [6, 6.07) is 11.2. The molecule has 0 N–H and O–H groups in total. The maximum atomic E-state index is 11.7. The van der Waals surface area contributed by atoms with Crippen LogP contribution in [-0.4, -0.2) is 14.0 Å². The monoisotopic (exact) mass is 288 g/mol. The predicted molar refractivity (Wildman–Crippen MR) is 85.2 cm³/mol. The first-order chi connectivity index (χ1) is 9.42. The van der Waals surface area contributed by atoms with Crippen LogP contribution in [0.1, 0.15) is 18.4 Å². The third-order valence-corrected chi connectivity index (χ3v) is 5.35. The number of hydrogen-bond donors (Lipinski definition) is 0. The second kappa shape index (κ2) is 6.40. The van der Waals surface area contributed by atoms with Crippen LogP contribution in [0, 0.1) is 5.92 Å². The van der Waals surface area contributed by atoms with Crippen molar-refractivity contribution in [1.29, 1.82) is 0 Å². The molecule has 1 aromatic rings. The number of rotatable bonds is 5. The third-order valence-electron chi connectivity index (χ3n) is 3.55. The van der Waals surface area contributed by atoms with Gasteiger partial charge in [-0.1, -0.05) is 61.6 Å². The molecule has 108 valence electrons. The van der Waals surface area contributed by atoms with Crippen LogP contribution in [0.5, 0.6) is 0 Å². The summed E-state index contributed by atoms with van der Waals surface area (Å²) < 4.78 is 5.26. The number of carbonyl (C=O) groups excluding carboxylic acids is 1. The molecule has 1 aromatic carbocycles. The van der Waals surface area contributed by atoms with Gasteiger partial charge in [0.1, 0.15) is 6.61 Å². The average Bonchev–Trinajstić information content (AvgIpc) is 2.33. The minimum absolute atomic E-state index is 0.199. The Balaban J connectivity index is 1.72. The molecule has 20 heavy (non-hydrogen) atoms. The molecule has 0 amide bonds. The van der Waals surface area contributed by atoms with E-state index in [1.165, 1.54) is 11.6 Å². The highest BCUT2D eigenvalue weighted by Crippen LogP contribution is 2.38. The van der Waals surface area contributed by atoms with E-state index in [1.807, 2.05) is 30.3 Å². The molecule has 1 aliphatic carbocycles. The van der Waals surface area contributed by atoms with E-state index in [0.29, 0.717) is 6.61 Å². The molecule has 2 rings (SSSR count). The first-order valence-corrected chi connectivity index (χ1v) is 11.0. The molecule has 0 radical (unpaired) electrons. The SMILES string of the molecule is C[Si](C)(C)CC1CC(=CC(=O)OCc2ccccc2)C1. The van der Waals surface area contributed by atoms with E-state index in [1.54, 1.807) is 6.08 Å². The first kappa shape index (κ1) is 15.0. The highest BCUT2D eigenvalue weighted by atomic mass is 28.3. The van der Waals surface area contributed by atoms with Crippen molar-refractivity contribution in [3.8, 4) is 0 Å². The van der Waals surface area contributed by atoms with Gasteiger partial charge in [0.05, 0.1) is 0 Å². The quantitative estimate of drug-likeness (QED) is 0.456. The van der Waals surface area contributed by atoms with E-state index in [-0.39, 0.29) is 5.97 Å². The van der Waals surface area contributed by atoms with Gasteiger partial charge >= 0.3 is 5.97 Å². The second-order valence-electron chi connectivity index (χ2n) is 6.93. The van der Waals surface area contributed by atoms with Crippen molar-refractivity contribution in [2.75, 3.05) is 0 Å². The Morgan fingerprint density at radius 1 is 1.25 bits per heavy atom.